The SMILES string of the molecule is CCCN(CC(F)(F)F)C(=O)C1CCCN(Cc2cnc(N)s2)C1.Cl. The van der Waals surface area contributed by atoms with Gasteiger partial charge in [-0.25, -0.2) is 4.98 Å². The van der Waals surface area contributed by atoms with E-state index in [-0.39, 0.29) is 30.8 Å². The standard InChI is InChI=1S/C15H23F3N4OS.ClH/c1-2-5-22(10-15(16,17)18)13(23)11-4-3-6-21(8-11)9-12-7-20-14(19)24-12;/h7,11H,2-6,8-10H2,1H3,(H2,19,20);1H. The van der Waals surface area contributed by atoms with E-state index >= 15 is 0 Å². The quantitative estimate of drug-likeness (QED) is 0.796. The summed E-state index contributed by atoms with van der Waals surface area (Å²) in [5.41, 5.74) is 5.61. The lowest BCUT2D eigenvalue weighted by Crippen LogP contribution is -2.47. The maximum atomic E-state index is 12.7. The van der Waals surface area contributed by atoms with Crippen molar-refractivity contribution in [2.24, 2.45) is 5.92 Å². The number of nitrogens with zero attached hydrogens (tertiary/aromatic N) is 3. The number of likely N-dealkylation sites (tertiary alicyclic amines) is 1. The molecule has 1 aromatic heterocycles. The summed E-state index contributed by atoms with van der Waals surface area (Å²) in [6, 6.07) is 0. The summed E-state index contributed by atoms with van der Waals surface area (Å²) in [4.78, 5) is 20.6. The van der Waals surface area contributed by atoms with Crippen molar-refractivity contribution in [3.8, 4) is 0 Å². The molecule has 0 aliphatic carbocycles. The van der Waals surface area contributed by atoms with E-state index in [1.807, 2.05) is 0 Å². The summed E-state index contributed by atoms with van der Waals surface area (Å²) in [5.74, 6) is -0.763. The van der Waals surface area contributed by atoms with Crippen molar-refractivity contribution in [3.05, 3.63) is 11.1 Å². The van der Waals surface area contributed by atoms with Gasteiger partial charge in [-0.05, 0) is 25.8 Å². The van der Waals surface area contributed by atoms with Gasteiger partial charge >= 0.3 is 6.18 Å². The molecule has 2 N–H and O–H groups in total. The van der Waals surface area contributed by atoms with Crippen LogP contribution in [0.2, 0.25) is 0 Å². The third-order valence-electron chi connectivity index (χ3n) is 3.98. The number of halogens is 4. The number of hydrogen-bond acceptors (Lipinski definition) is 5. The van der Waals surface area contributed by atoms with E-state index in [1.165, 1.54) is 11.3 Å². The fourth-order valence-electron chi connectivity index (χ4n) is 3.03. The first-order valence-electron chi connectivity index (χ1n) is 8.06. The predicted octanol–water partition coefficient (Wildman–Crippen LogP) is 3.16. The van der Waals surface area contributed by atoms with E-state index in [1.54, 1.807) is 13.1 Å². The zero-order valence-electron chi connectivity index (χ0n) is 14.1. The normalized spacial score (nSPS) is 18.6. The number of anilines is 1. The van der Waals surface area contributed by atoms with Crippen molar-refractivity contribution in [3.63, 3.8) is 0 Å². The van der Waals surface area contributed by atoms with E-state index in [0.717, 1.165) is 22.7 Å². The molecule has 144 valence electrons. The van der Waals surface area contributed by atoms with Crippen LogP contribution in [0.3, 0.4) is 0 Å². The number of aromatic nitrogens is 1. The second-order valence-electron chi connectivity index (χ2n) is 6.11. The van der Waals surface area contributed by atoms with Crippen LogP contribution in [0.4, 0.5) is 18.3 Å². The molecule has 2 heterocycles. The molecule has 1 aliphatic rings. The monoisotopic (exact) mass is 400 g/mol. The Kier molecular flexibility index (Phi) is 8.43. The third kappa shape index (κ3) is 6.99. The first kappa shape index (κ1) is 22.0. The summed E-state index contributed by atoms with van der Waals surface area (Å²) in [6.07, 6.45) is -0.703. The van der Waals surface area contributed by atoms with Crippen LogP contribution in [-0.2, 0) is 11.3 Å². The number of hydrogen-bond donors (Lipinski definition) is 1. The lowest BCUT2D eigenvalue weighted by molar-refractivity contribution is -0.164. The number of carbonyl (C=O) groups is 1. The van der Waals surface area contributed by atoms with Gasteiger partial charge in [0.25, 0.3) is 0 Å². The molecule has 25 heavy (non-hydrogen) atoms. The number of carbonyl (C=O) groups excluding carboxylic acids is 1. The van der Waals surface area contributed by atoms with Crippen molar-refractivity contribution in [1.29, 1.82) is 0 Å². The molecule has 0 spiro atoms. The predicted molar refractivity (Wildman–Crippen MR) is 94.7 cm³/mol. The van der Waals surface area contributed by atoms with E-state index in [0.29, 0.717) is 31.1 Å². The van der Waals surface area contributed by atoms with Gasteiger partial charge in [-0.2, -0.15) is 13.2 Å². The Labute approximate surface area is 155 Å². The van der Waals surface area contributed by atoms with Crippen LogP contribution >= 0.6 is 23.7 Å². The topological polar surface area (TPSA) is 62.5 Å². The van der Waals surface area contributed by atoms with E-state index in [9.17, 15) is 18.0 Å². The van der Waals surface area contributed by atoms with Gasteiger partial charge in [-0.1, -0.05) is 6.92 Å². The summed E-state index contributed by atoms with van der Waals surface area (Å²) >= 11 is 1.39. The number of nitrogens with two attached hydrogens (primary N) is 1. The second-order valence-corrected chi connectivity index (χ2v) is 7.26. The van der Waals surface area contributed by atoms with Crippen molar-refractivity contribution >= 4 is 34.8 Å². The van der Waals surface area contributed by atoms with Crippen molar-refractivity contribution in [2.75, 3.05) is 31.9 Å². The highest BCUT2D eigenvalue weighted by Gasteiger charge is 2.36. The lowest BCUT2D eigenvalue weighted by atomic mass is 9.96. The summed E-state index contributed by atoms with van der Waals surface area (Å²) in [7, 11) is 0. The van der Waals surface area contributed by atoms with Gasteiger partial charge in [-0.15, -0.1) is 23.7 Å². The molecule has 0 aromatic carbocycles. The lowest BCUT2D eigenvalue weighted by Gasteiger charge is -2.35. The molecule has 0 radical (unpaired) electrons. The largest absolute Gasteiger partial charge is 0.406 e. The average molecular weight is 401 g/mol. The Morgan fingerprint density at radius 2 is 2.24 bits per heavy atom. The molecule has 1 unspecified atom stereocenters. The molecular weight excluding hydrogens is 377 g/mol. The smallest absolute Gasteiger partial charge is 0.375 e. The Balaban J connectivity index is 0.00000312. The van der Waals surface area contributed by atoms with Gasteiger partial charge in [0, 0.05) is 30.7 Å². The van der Waals surface area contributed by atoms with Gasteiger partial charge in [0.2, 0.25) is 5.91 Å². The van der Waals surface area contributed by atoms with Crippen LogP contribution in [0.1, 0.15) is 31.1 Å². The van der Waals surface area contributed by atoms with Crippen molar-refractivity contribution in [2.45, 2.75) is 38.9 Å². The maximum absolute atomic E-state index is 12.7. The van der Waals surface area contributed by atoms with Crippen LogP contribution in [0.25, 0.3) is 0 Å². The summed E-state index contributed by atoms with van der Waals surface area (Å²) in [6.45, 7) is 2.69. The van der Waals surface area contributed by atoms with E-state index in [2.05, 4.69) is 9.88 Å². The highest BCUT2D eigenvalue weighted by Crippen LogP contribution is 2.25. The van der Waals surface area contributed by atoms with Crippen LogP contribution in [0, 0.1) is 5.92 Å². The minimum absolute atomic E-state index is 0. The van der Waals surface area contributed by atoms with E-state index in [4.69, 9.17) is 5.73 Å². The molecule has 1 aromatic rings. The average Bonchev–Trinajstić information content (AvgIpc) is 2.90. The number of piperidine rings is 1. The molecule has 0 bridgehead atoms. The fraction of sp³-hybridized carbons (Fsp3) is 0.733. The zero-order valence-corrected chi connectivity index (χ0v) is 15.7. The summed E-state index contributed by atoms with van der Waals surface area (Å²) < 4.78 is 38.1. The highest BCUT2D eigenvalue weighted by atomic mass is 35.5. The molecule has 0 saturated carbocycles. The molecule has 1 saturated heterocycles. The number of nitrogen functional groups attached to an aromatic ring is 1. The molecular formula is C15H24ClF3N4OS. The number of rotatable bonds is 6. The van der Waals surface area contributed by atoms with Crippen molar-refractivity contribution in [1.82, 2.24) is 14.8 Å². The summed E-state index contributed by atoms with van der Waals surface area (Å²) in [5, 5.41) is 0.494. The molecule has 1 amide bonds. The number of alkyl halides is 3. The Bertz CT molecular complexity index is 555. The minimum Gasteiger partial charge on any atom is -0.375 e. The van der Waals surface area contributed by atoms with Crippen LogP contribution in [0.15, 0.2) is 6.20 Å². The Hall–Kier alpha value is -1.06. The highest BCUT2D eigenvalue weighted by molar-refractivity contribution is 7.15. The first-order chi connectivity index (χ1) is 11.3. The van der Waals surface area contributed by atoms with Gasteiger partial charge in [-0.3, -0.25) is 9.69 Å². The minimum atomic E-state index is -4.36. The van der Waals surface area contributed by atoms with Crippen LogP contribution in [-0.4, -0.2) is 53.0 Å². The molecule has 5 nitrogen and oxygen atoms in total. The van der Waals surface area contributed by atoms with Gasteiger partial charge in [0.1, 0.15) is 6.54 Å². The van der Waals surface area contributed by atoms with Crippen molar-refractivity contribution < 1.29 is 18.0 Å². The Morgan fingerprint density at radius 1 is 1.52 bits per heavy atom. The molecule has 1 aliphatic heterocycles. The fourth-order valence-corrected chi connectivity index (χ4v) is 3.76. The van der Waals surface area contributed by atoms with Gasteiger partial charge in [0.05, 0.1) is 5.92 Å². The molecule has 1 fully saturated rings. The first-order valence-corrected chi connectivity index (χ1v) is 8.88. The second kappa shape index (κ2) is 9.59. The molecule has 10 heteroatoms. The zero-order chi connectivity index (χ0) is 17.7. The van der Waals surface area contributed by atoms with Crippen LogP contribution < -0.4 is 5.73 Å². The van der Waals surface area contributed by atoms with E-state index < -0.39 is 12.7 Å². The third-order valence-corrected chi connectivity index (χ3v) is 4.79. The Morgan fingerprint density at radius 3 is 2.80 bits per heavy atom. The van der Waals surface area contributed by atoms with Crippen LogP contribution in [0.5, 0.6) is 0 Å². The number of thiazole rings is 1. The van der Waals surface area contributed by atoms with Gasteiger partial charge in [0.15, 0.2) is 5.13 Å². The van der Waals surface area contributed by atoms with Gasteiger partial charge < -0.3 is 10.6 Å². The molecule has 2 rings (SSSR count). The molecule has 1 atom stereocenters. The maximum Gasteiger partial charge on any atom is 0.406 e. The number of amides is 1.